The van der Waals surface area contributed by atoms with E-state index < -0.39 is 0 Å². The molecule has 0 aromatic rings. The van der Waals surface area contributed by atoms with Gasteiger partial charge in [0, 0.05) is 12.3 Å². The molecule has 16 heavy (non-hydrogen) atoms. The minimum absolute atomic E-state index is 0.0435. The second-order valence-electron chi connectivity index (χ2n) is 6.25. The number of piperidine rings is 1. The highest BCUT2D eigenvalue weighted by molar-refractivity contribution is 4.91. The fourth-order valence-electron chi connectivity index (χ4n) is 4.55. The van der Waals surface area contributed by atoms with Crippen LogP contribution in [0.25, 0.3) is 0 Å². The van der Waals surface area contributed by atoms with Crippen molar-refractivity contribution in [2.24, 2.45) is 11.8 Å². The van der Waals surface area contributed by atoms with E-state index in [2.05, 4.69) is 0 Å². The van der Waals surface area contributed by atoms with Crippen LogP contribution in [0.4, 0.5) is 0 Å². The van der Waals surface area contributed by atoms with Gasteiger partial charge in [-0.25, -0.2) is 0 Å². The summed E-state index contributed by atoms with van der Waals surface area (Å²) >= 11 is 0. The fraction of sp³-hybridized carbons (Fsp3) is 1.00. The Hall–Kier alpha value is -0.0800. The van der Waals surface area contributed by atoms with Crippen LogP contribution in [0.2, 0.25) is 0 Å². The largest absolute Gasteiger partial charge is 0.392 e. The Morgan fingerprint density at radius 2 is 1.62 bits per heavy atom. The van der Waals surface area contributed by atoms with Crippen molar-refractivity contribution >= 4 is 0 Å². The van der Waals surface area contributed by atoms with Gasteiger partial charge in [-0.1, -0.05) is 6.42 Å². The summed E-state index contributed by atoms with van der Waals surface area (Å²) in [6.45, 7) is 2.75. The molecule has 0 aromatic carbocycles. The minimum atomic E-state index is 0.0435. The lowest BCUT2D eigenvalue weighted by Crippen LogP contribution is -3.17. The predicted molar refractivity (Wildman–Crippen MR) is 64.4 cm³/mol. The Balaban J connectivity index is 1.69. The van der Waals surface area contributed by atoms with Crippen LogP contribution in [0, 0.1) is 11.8 Å². The monoisotopic (exact) mass is 224 g/mol. The molecular formula is C14H26NO+. The standard InChI is InChI=1S/C14H25NO/c16-14-11-5-4-6-12(14)13(8-7-11)15-9-2-1-3-10-15/h11-14,16H,1-10H2/p+1/t11-,12+,13+,14-/m0/s1. The second kappa shape index (κ2) is 4.66. The summed E-state index contributed by atoms with van der Waals surface area (Å²) in [6.07, 6.45) is 11.0. The Morgan fingerprint density at radius 1 is 0.812 bits per heavy atom. The average molecular weight is 224 g/mol. The summed E-state index contributed by atoms with van der Waals surface area (Å²) in [5.74, 6) is 1.29. The topological polar surface area (TPSA) is 24.7 Å². The van der Waals surface area contributed by atoms with Gasteiger partial charge < -0.3 is 10.0 Å². The van der Waals surface area contributed by atoms with Crippen LogP contribution < -0.4 is 4.90 Å². The normalized spacial score (nSPS) is 45.6. The van der Waals surface area contributed by atoms with E-state index in [1.807, 2.05) is 4.90 Å². The average Bonchev–Trinajstić information content (AvgIpc) is 2.30. The van der Waals surface area contributed by atoms with Crippen molar-refractivity contribution in [3.8, 4) is 0 Å². The highest BCUT2D eigenvalue weighted by atomic mass is 16.3. The molecule has 2 nitrogen and oxygen atoms in total. The molecule has 2 saturated carbocycles. The number of aliphatic hydroxyl groups is 1. The highest BCUT2D eigenvalue weighted by Crippen LogP contribution is 2.39. The summed E-state index contributed by atoms with van der Waals surface area (Å²) in [5, 5.41) is 10.4. The molecule has 2 aliphatic carbocycles. The maximum absolute atomic E-state index is 10.4. The van der Waals surface area contributed by atoms with Gasteiger partial charge in [0.25, 0.3) is 0 Å². The Bertz CT molecular complexity index is 237. The molecule has 0 aromatic heterocycles. The Labute approximate surface area is 99.0 Å². The zero-order valence-corrected chi connectivity index (χ0v) is 10.3. The number of quaternary nitrogens is 1. The predicted octanol–water partition coefficient (Wildman–Crippen LogP) is 0.995. The van der Waals surface area contributed by atoms with Crippen molar-refractivity contribution in [2.45, 2.75) is 63.5 Å². The van der Waals surface area contributed by atoms with Crippen molar-refractivity contribution in [3.05, 3.63) is 0 Å². The van der Waals surface area contributed by atoms with Crippen LogP contribution in [-0.2, 0) is 0 Å². The number of fused-ring (bicyclic) bond motifs is 2. The first kappa shape index (κ1) is 11.0. The number of hydrogen-bond acceptors (Lipinski definition) is 1. The smallest absolute Gasteiger partial charge is 0.0928 e. The van der Waals surface area contributed by atoms with Gasteiger partial charge in [-0.15, -0.1) is 0 Å². The number of aliphatic hydroxyl groups excluding tert-OH is 1. The first-order chi connectivity index (χ1) is 7.86. The lowest BCUT2D eigenvalue weighted by molar-refractivity contribution is -0.936. The van der Waals surface area contributed by atoms with E-state index >= 15 is 0 Å². The van der Waals surface area contributed by atoms with E-state index in [9.17, 15) is 5.11 Å². The molecule has 92 valence electrons. The SMILES string of the molecule is O[C@H]1[C@H]2CCC[C@@H]1[C@H]([NH+]1CCCCC1)CC2. The molecule has 1 aliphatic heterocycles. The van der Waals surface area contributed by atoms with E-state index in [-0.39, 0.29) is 6.10 Å². The molecule has 2 bridgehead atoms. The van der Waals surface area contributed by atoms with Gasteiger partial charge in [0.2, 0.25) is 0 Å². The summed E-state index contributed by atoms with van der Waals surface area (Å²) in [4.78, 5) is 1.83. The number of rotatable bonds is 1. The summed E-state index contributed by atoms with van der Waals surface area (Å²) in [6, 6.07) is 0.798. The summed E-state index contributed by atoms with van der Waals surface area (Å²) in [5.41, 5.74) is 0. The second-order valence-corrected chi connectivity index (χ2v) is 6.25. The number of hydrogen-bond donors (Lipinski definition) is 2. The zero-order valence-electron chi connectivity index (χ0n) is 10.3. The molecule has 4 atom stereocenters. The van der Waals surface area contributed by atoms with Crippen LogP contribution in [0.3, 0.4) is 0 Å². The minimum Gasteiger partial charge on any atom is -0.392 e. The quantitative estimate of drug-likeness (QED) is 0.682. The molecule has 1 heterocycles. The van der Waals surface area contributed by atoms with Crippen molar-refractivity contribution in [1.29, 1.82) is 0 Å². The molecule has 0 unspecified atom stereocenters. The molecule has 3 rings (SSSR count). The van der Waals surface area contributed by atoms with Crippen LogP contribution in [0.1, 0.15) is 51.4 Å². The Morgan fingerprint density at radius 3 is 2.44 bits per heavy atom. The van der Waals surface area contributed by atoms with Gasteiger partial charge in [0.05, 0.1) is 25.2 Å². The van der Waals surface area contributed by atoms with Gasteiger partial charge in [-0.05, 0) is 44.4 Å². The molecular weight excluding hydrogens is 198 g/mol. The van der Waals surface area contributed by atoms with Gasteiger partial charge in [-0.2, -0.15) is 0 Å². The zero-order chi connectivity index (χ0) is 11.0. The van der Waals surface area contributed by atoms with E-state index in [0.717, 1.165) is 6.04 Å². The fourth-order valence-corrected chi connectivity index (χ4v) is 4.55. The summed E-state index contributed by atoms with van der Waals surface area (Å²) < 4.78 is 0. The lowest BCUT2D eigenvalue weighted by Gasteiger charge is -2.47. The van der Waals surface area contributed by atoms with Crippen LogP contribution in [0.5, 0.6) is 0 Å². The Kier molecular flexibility index (Phi) is 3.21. The first-order valence-electron chi connectivity index (χ1n) is 7.39. The van der Waals surface area contributed by atoms with Crippen molar-refractivity contribution in [1.82, 2.24) is 0 Å². The summed E-state index contributed by atoms with van der Waals surface area (Å²) in [7, 11) is 0. The number of nitrogens with one attached hydrogen (secondary N) is 1. The molecule has 0 amide bonds. The molecule has 1 saturated heterocycles. The van der Waals surface area contributed by atoms with E-state index in [0.29, 0.717) is 11.8 Å². The lowest BCUT2D eigenvalue weighted by atomic mass is 9.67. The number of likely N-dealkylation sites (tertiary alicyclic amines) is 1. The van der Waals surface area contributed by atoms with Crippen LogP contribution >= 0.6 is 0 Å². The van der Waals surface area contributed by atoms with Gasteiger partial charge in [0.1, 0.15) is 0 Å². The van der Waals surface area contributed by atoms with Gasteiger partial charge in [0.15, 0.2) is 0 Å². The van der Waals surface area contributed by atoms with Gasteiger partial charge >= 0.3 is 0 Å². The first-order valence-corrected chi connectivity index (χ1v) is 7.39. The van der Waals surface area contributed by atoms with Crippen LogP contribution in [0.15, 0.2) is 0 Å². The van der Waals surface area contributed by atoms with E-state index in [1.165, 1.54) is 64.5 Å². The third kappa shape index (κ3) is 1.91. The molecule has 3 aliphatic rings. The molecule has 3 fully saturated rings. The maximum Gasteiger partial charge on any atom is 0.0928 e. The third-order valence-electron chi connectivity index (χ3n) is 5.42. The highest BCUT2D eigenvalue weighted by Gasteiger charge is 2.45. The maximum atomic E-state index is 10.4. The van der Waals surface area contributed by atoms with Crippen molar-refractivity contribution in [3.63, 3.8) is 0 Å². The van der Waals surface area contributed by atoms with E-state index in [1.54, 1.807) is 0 Å². The molecule has 2 N–H and O–H groups in total. The molecule has 0 spiro atoms. The van der Waals surface area contributed by atoms with Crippen molar-refractivity contribution in [2.75, 3.05) is 13.1 Å². The van der Waals surface area contributed by atoms with Crippen LogP contribution in [-0.4, -0.2) is 30.3 Å². The van der Waals surface area contributed by atoms with Crippen molar-refractivity contribution < 1.29 is 10.0 Å². The molecule has 2 heteroatoms. The van der Waals surface area contributed by atoms with E-state index in [4.69, 9.17) is 0 Å². The third-order valence-corrected chi connectivity index (χ3v) is 5.42. The molecule has 0 radical (unpaired) electrons. The van der Waals surface area contributed by atoms with Gasteiger partial charge in [-0.3, -0.25) is 0 Å².